The Morgan fingerprint density at radius 2 is 2.00 bits per heavy atom. The van der Waals surface area contributed by atoms with Crippen LogP contribution in [-0.4, -0.2) is 11.3 Å². The molecule has 0 fully saturated rings. The minimum absolute atomic E-state index is 0.295. The van der Waals surface area contributed by atoms with Crippen LogP contribution in [0.4, 0.5) is 4.79 Å². The second-order valence-electron chi connectivity index (χ2n) is 3.09. The molecule has 1 aromatic heterocycles. The number of carboxylic acid groups (broad SMARTS) is 1. The summed E-state index contributed by atoms with van der Waals surface area (Å²) in [4.78, 5) is 11.2. The fraction of sp³-hybridized carbons (Fsp3) is 0. The Morgan fingerprint density at radius 1 is 1.24 bits per heavy atom. The fourth-order valence-corrected chi connectivity index (χ4v) is 2.64. The smallest absolute Gasteiger partial charge is 0.449 e. The summed E-state index contributed by atoms with van der Waals surface area (Å²) in [6, 6.07) is 8.59. The molecule has 0 atom stereocenters. The van der Waals surface area contributed by atoms with Crippen molar-refractivity contribution in [3.05, 3.63) is 40.4 Å². The Morgan fingerprint density at radius 3 is 2.71 bits per heavy atom. The van der Waals surface area contributed by atoms with Crippen molar-refractivity contribution in [2.45, 2.75) is 0 Å². The third-order valence-corrected chi connectivity index (χ3v) is 3.80. The van der Waals surface area contributed by atoms with Crippen molar-refractivity contribution in [1.29, 1.82) is 0 Å². The average Bonchev–Trinajstić information content (AvgIpc) is 2.69. The molecule has 0 unspecified atom stereocenters. The van der Waals surface area contributed by atoms with Crippen molar-refractivity contribution in [3.63, 3.8) is 0 Å². The lowest BCUT2D eigenvalue weighted by molar-refractivity contribution is 0.146. The maximum Gasteiger partial charge on any atom is 0.512 e. The van der Waals surface area contributed by atoms with Gasteiger partial charge in [-0.1, -0.05) is 46.7 Å². The first-order chi connectivity index (χ1) is 8.08. The molecule has 0 bridgehead atoms. The van der Waals surface area contributed by atoms with Gasteiger partial charge in [0.25, 0.3) is 0 Å². The van der Waals surface area contributed by atoms with Crippen molar-refractivity contribution in [3.8, 4) is 15.5 Å². The van der Waals surface area contributed by atoms with Gasteiger partial charge in [0.1, 0.15) is 0 Å². The normalized spacial score (nSPS) is 10.2. The number of carbonyl (C=O) groups is 1. The lowest BCUT2D eigenvalue weighted by Gasteiger charge is -2.02. The monoisotopic (exact) mass is 288 g/mol. The molecule has 0 aliphatic heterocycles. The molecule has 0 spiro atoms. The molecule has 0 amide bonds. The molecule has 0 aliphatic rings. The second kappa shape index (κ2) is 4.96. The molecular weight excluding hydrogens is 283 g/mol. The summed E-state index contributed by atoms with van der Waals surface area (Å²) >= 11 is 13.2. The summed E-state index contributed by atoms with van der Waals surface area (Å²) in [5.74, 6) is 0. The van der Waals surface area contributed by atoms with Crippen LogP contribution in [0, 0.1) is 0 Å². The predicted octanol–water partition coefficient (Wildman–Crippen LogP) is 4.78. The van der Waals surface area contributed by atoms with Gasteiger partial charge >= 0.3 is 6.16 Å². The van der Waals surface area contributed by atoms with Crippen LogP contribution in [0.25, 0.3) is 10.4 Å². The SMILES string of the molecule is O=C(O)Oc1ccc(-c2cccc(Cl)c2Cl)s1. The van der Waals surface area contributed by atoms with Gasteiger partial charge in [0, 0.05) is 10.4 Å². The lowest BCUT2D eigenvalue weighted by atomic mass is 10.2. The van der Waals surface area contributed by atoms with E-state index in [1.165, 1.54) is 11.3 Å². The number of halogens is 2. The molecule has 2 aromatic rings. The topological polar surface area (TPSA) is 46.5 Å². The van der Waals surface area contributed by atoms with E-state index in [1.54, 1.807) is 24.3 Å². The van der Waals surface area contributed by atoms with Gasteiger partial charge in [-0.05, 0) is 18.2 Å². The summed E-state index contributed by atoms with van der Waals surface area (Å²) in [6.07, 6.45) is -1.34. The zero-order valence-electron chi connectivity index (χ0n) is 8.31. The first-order valence-electron chi connectivity index (χ1n) is 4.53. The van der Waals surface area contributed by atoms with Crippen LogP contribution in [0.3, 0.4) is 0 Å². The molecule has 1 heterocycles. The van der Waals surface area contributed by atoms with Crippen LogP contribution in [0.1, 0.15) is 0 Å². The van der Waals surface area contributed by atoms with E-state index >= 15 is 0 Å². The van der Waals surface area contributed by atoms with Gasteiger partial charge in [0.05, 0.1) is 10.0 Å². The van der Waals surface area contributed by atoms with Crippen molar-refractivity contribution >= 4 is 40.7 Å². The van der Waals surface area contributed by atoms with E-state index in [0.29, 0.717) is 15.1 Å². The second-order valence-corrected chi connectivity index (χ2v) is 4.92. The van der Waals surface area contributed by atoms with Crippen LogP contribution < -0.4 is 4.74 Å². The van der Waals surface area contributed by atoms with E-state index in [1.807, 2.05) is 6.07 Å². The highest BCUT2D eigenvalue weighted by Gasteiger charge is 2.11. The molecule has 2 rings (SSSR count). The Balaban J connectivity index is 2.37. The molecule has 3 nitrogen and oxygen atoms in total. The van der Waals surface area contributed by atoms with Crippen LogP contribution in [-0.2, 0) is 0 Å². The van der Waals surface area contributed by atoms with Gasteiger partial charge < -0.3 is 9.84 Å². The summed E-state index contributed by atoms with van der Waals surface area (Å²) in [6.45, 7) is 0. The predicted molar refractivity (Wildman–Crippen MR) is 68.4 cm³/mol. The maximum absolute atomic E-state index is 10.4. The summed E-state index contributed by atoms with van der Waals surface area (Å²) < 4.78 is 4.55. The number of hydrogen-bond acceptors (Lipinski definition) is 3. The van der Waals surface area contributed by atoms with Crippen molar-refractivity contribution in [2.24, 2.45) is 0 Å². The molecule has 0 aliphatic carbocycles. The van der Waals surface area contributed by atoms with Crippen LogP contribution >= 0.6 is 34.5 Å². The molecule has 1 N–H and O–H groups in total. The molecule has 6 heteroatoms. The van der Waals surface area contributed by atoms with Gasteiger partial charge in [-0.25, -0.2) is 4.79 Å². The van der Waals surface area contributed by atoms with Gasteiger partial charge in [0.2, 0.25) is 0 Å². The molecule has 0 saturated carbocycles. The van der Waals surface area contributed by atoms with Crippen molar-refractivity contribution in [1.82, 2.24) is 0 Å². The van der Waals surface area contributed by atoms with Gasteiger partial charge in [-0.15, -0.1) is 0 Å². The molecule has 0 radical (unpaired) electrons. The third kappa shape index (κ3) is 2.72. The Bertz CT molecular complexity index is 566. The van der Waals surface area contributed by atoms with E-state index in [4.69, 9.17) is 28.3 Å². The van der Waals surface area contributed by atoms with Crippen LogP contribution in [0.5, 0.6) is 5.06 Å². The Kier molecular flexibility index (Phi) is 3.57. The minimum Gasteiger partial charge on any atom is -0.449 e. The first-order valence-corrected chi connectivity index (χ1v) is 6.10. The Hall–Kier alpha value is -1.23. The molecule has 1 aromatic carbocycles. The molecule has 0 saturated heterocycles. The fourth-order valence-electron chi connectivity index (χ4n) is 1.30. The molecule has 17 heavy (non-hydrogen) atoms. The zero-order chi connectivity index (χ0) is 12.4. The van der Waals surface area contributed by atoms with E-state index in [-0.39, 0.29) is 0 Å². The quantitative estimate of drug-likeness (QED) is 0.809. The summed E-state index contributed by atoms with van der Waals surface area (Å²) in [5, 5.41) is 9.68. The Labute approximate surface area is 111 Å². The highest BCUT2D eigenvalue weighted by atomic mass is 35.5. The highest BCUT2D eigenvalue weighted by molar-refractivity contribution is 7.17. The minimum atomic E-state index is -1.34. The number of rotatable bonds is 2. The largest absolute Gasteiger partial charge is 0.512 e. The lowest BCUT2D eigenvalue weighted by Crippen LogP contribution is -2.00. The van der Waals surface area contributed by atoms with E-state index in [2.05, 4.69) is 4.74 Å². The number of benzene rings is 1. The summed E-state index contributed by atoms with van der Waals surface area (Å²) in [5.41, 5.74) is 0.754. The summed E-state index contributed by atoms with van der Waals surface area (Å²) in [7, 11) is 0. The standard InChI is InChI=1S/C11H6Cl2O3S/c12-7-3-1-2-6(10(7)13)8-4-5-9(17-8)16-11(14)15/h1-5H,(H,14,15). The van der Waals surface area contributed by atoms with Crippen LogP contribution in [0.15, 0.2) is 30.3 Å². The van der Waals surface area contributed by atoms with E-state index in [9.17, 15) is 4.79 Å². The van der Waals surface area contributed by atoms with Gasteiger partial charge in [-0.3, -0.25) is 0 Å². The number of ether oxygens (including phenoxy) is 1. The zero-order valence-corrected chi connectivity index (χ0v) is 10.6. The first kappa shape index (κ1) is 12.2. The average molecular weight is 289 g/mol. The number of thiophene rings is 1. The third-order valence-electron chi connectivity index (χ3n) is 1.99. The van der Waals surface area contributed by atoms with Crippen molar-refractivity contribution in [2.75, 3.05) is 0 Å². The number of hydrogen-bond donors (Lipinski definition) is 1. The van der Waals surface area contributed by atoms with Crippen LogP contribution in [0.2, 0.25) is 10.0 Å². The molecular formula is C11H6Cl2O3S. The maximum atomic E-state index is 10.4. The molecule has 88 valence electrons. The highest BCUT2D eigenvalue weighted by Crippen LogP contribution is 2.39. The van der Waals surface area contributed by atoms with Gasteiger partial charge in [0.15, 0.2) is 5.06 Å². The van der Waals surface area contributed by atoms with E-state index < -0.39 is 6.16 Å². The van der Waals surface area contributed by atoms with Crippen molar-refractivity contribution < 1.29 is 14.6 Å². The van der Waals surface area contributed by atoms with E-state index in [0.717, 1.165) is 10.4 Å². The van der Waals surface area contributed by atoms with Gasteiger partial charge in [-0.2, -0.15) is 0 Å².